The number of carbonyl (C=O) groups is 2. The van der Waals surface area contributed by atoms with E-state index in [4.69, 9.17) is 9.94 Å². The zero-order chi connectivity index (χ0) is 21.2. The number of esters is 1. The summed E-state index contributed by atoms with van der Waals surface area (Å²) in [6.07, 6.45) is -6.84. The second-order valence-electron chi connectivity index (χ2n) is 5.97. The molecule has 1 rings (SSSR count). The van der Waals surface area contributed by atoms with Gasteiger partial charge in [-0.3, -0.25) is 9.59 Å². The second-order valence-corrected chi connectivity index (χ2v) is 5.97. The van der Waals surface area contributed by atoms with Gasteiger partial charge >= 0.3 is 5.97 Å². The van der Waals surface area contributed by atoms with Crippen LogP contribution >= 0.6 is 0 Å². The lowest BCUT2D eigenvalue weighted by atomic mass is 9.73. The van der Waals surface area contributed by atoms with Crippen molar-refractivity contribution in [3.63, 3.8) is 0 Å². The van der Waals surface area contributed by atoms with Gasteiger partial charge in [0.2, 0.25) is 12.9 Å². The van der Waals surface area contributed by atoms with E-state index in [1.54, 1.807) is 0 Å². The van der Waals surface area contributed by atoms with Crippen LogP contribution in [-0.4, -0.2) is 42.8 Å². The van der Waals surface area contributed by atoms with E-state index < -0.39 is 43.0 Å². The minimum atomic E-state index is -2.71. The Morgan fingerprint density at radius 1 is 1.14 bits per heavy atom. The smallest absolute Gasteiger partial charge is 0.316 e. The molecule has 6 nitrogen and oxygen atoms in total. The molecule has 0 unspecified atom stereocenters. The van der Waals surface area contributed by atoms with Gasteiger partial charge in [-0.1, -0.05) is 17.3 Å². The molecule has 0 aliphatic rings. The van der Waals surface area contributed by atoms with E-state index in [-0.39, 0.29) is 30.7 Å². The number of halogens is 4. The molecule has 0 saturated heterocycles. The zero-order valence-electron chi connectivity index (χ0n) is 15.2. The number of alkyl halides is 4. The number of benzene rings is 1. The highest BCUT2D eigenvalue weighted by molar-refractivity contribution is 6.31. The van der Waals surface area contributed by atoms with Gasteiger partial charge in [0.05, 0.1) is 12.0 Å². The second kappa shape index (κ2) is 11.3. The van der Waals surface area contributed by atoms with Crippen LogP contribution in [0.3, 0.4) is 0 Å². The van der Waals surface area contributed by atoms with Crippen LogP contribution in [-0.2, 0) is 19.7 Å². The van der Waals surface area contributed by atoms with Gasteiger partial charge in [-0.05, 0) is 37.5 Å². The first-order valence-corrected chi connectivity index (χ1v) is 8.57. The Morgan fingerprint density at radius 2 is 1.68 bits per heavy atom. The molecule has 0 aromatic heterocycles. The summed E-state index contributed by atoms with van der Waals surface area (Å²) in [5.41, 5.74) is -1.15. The van der Waals surface area contributed by atoms with E-state index in [0.29, 0.717) is 6.21 Å². The Morgan fingerprint density at radius 3 is 2.11 bits per heavy atom. The first kappa shape index (κ1) is 23.4. The van der Waals surface area contributed by atoms with Gasteiger partial charge in [-0.15, -0.1) is 0 Å². The minimum absolute atomic E-state index is 0.0292. The number of anilines is 1. The molecule has 10 heteroatoms. The quantitative estimate of drug-likeness (QED) is 0.191. The van der Waals surface area contributed by atoms with Crippen molar-refractivity contribution in [2.24, 2.45) is 5.16 Å². The third-order valence-electron chi connectivity index (χ3n) is 4.12. The fraction of sp³-hybridized carbons (Fsp3) is 0.500. The Labute approximate surface area is 159 Å². The molecule has 0 aliphatic carbocycles. The maximum Gasteiger partial charge on any atom is 0.316 e. The molecule has 0 spiro atoms. The maximum atomic E-state index is 12.8. The highest BCUT2D eigenvalue weighted by atomic mass is 19.3. The van der Waals surface area contributed by atoms with Crippen molar-refractivity contribution in [1.82, 2.24) is 0 Å². The Bertz CT molecular complexity index is 654. The lowest BCUT2D eigenvalue weighted by Crippen LogP contribution is -2.38. The van der Waals surface area contributed by atoms with Crippen LogP contribution < -0.4 is 5.32 Å². The van der Waals surface area contributed by atoms with Crippen LogP contribution in [0.2, 0.25) is 0 Å². The molecule has 1 aromatic carbocycles. The largest absolute Gasteiger partial charge is 0.465 e. The van der Waals surface area contributed by atoms with Crippen LogP contribution in [0.25, 0.3) is 0 Å². The number of hydrogen-bond donors (Lipinski definition) is 2. The minimum Gasteiger partial charge on any atom is -0.465 e. The van der Waals surface area contributed by atoms with Gasteiger partial charge in [0.25, 0.3) is 5.91 Å². The summed E-state index contributed by atoms with van der Waals surface area (Å²) in [6.45, 7) is 1.50. The highest BCUT2D eigenvalue weighted by Crippen LogP contribution is 2.38. The van der Waals surface area contributed by atoms with E-state index in [1.165, 1.54) is 31.2 Å². The SMILES string of the molecule is CCOC(=O)C(CCC(F)F)(CCC(F)F)c1ccc(NC(=O)/C=N\O)cc1. The van der Waals surface area contributed by atoms with Crippen molar-refractivity contribution >= 4 is 23.8 Å². The standard InChI is InChI=1S/C18H22F4N2O4/c1-2-28-17(26)18(9-7-14(19)20,10-8-15(21)22)12-3-5-13(6-4-12)24-16(25)11-23-27/h3-6,11,14-15,27H,2,7-10H2,1H3,(H,24,25)/b23-11-. The molecule has 0 fully saturated rings. The molecule has 0 heterocycles. The predicted molar refractivity (Wildman–Crippen MR) is 94.1 cm³/mol. The molecule has 0 bridgehead atoms. The van der Waals surface area contributed by atoms with Gasteiger partial charge in [-0.25, -0.2) is 17.6 Å². The molecular weight excluding hydrogens is 384 g/mol. The Balaban J connectivity index is 3.25. The van der Waals surface area contributed by atoms with Gasteiger partial charge in [0.15, 0.2) is 0 Å². The number of amides is 1. The van der Waals surface area contributed by atoms with Crippen molar-refractivity contribution < 1.29 is 37.1 Å². The lowest BCUT2D eigenvalue weighted by molar-refractivity contribution is -0.151. The van der Waals surface area contributed by atoms with Gasteiger partial charge < -0.3 is 15.3 Å². The topological polar surface area (TPSA) is 88.0 Å². The molecule has 0 radical (unpaired) electrons. The van der Waals surface area contributed by atoms with Crippen molar-refractivity contribution in [3.8, 4) is 0 Å². The molecule has 1 aromatic rings. The summed E-state index contributed by atoms with van der Waals surface area (Å²) in [4.78, 5) is 24.0. The van der Waals surface area contributed by atoms with Crippen molar-refractivity contribution in [3.05, 3.63) is 29.8 Å². The Kier molecular flexibility index (Phi) is 9.40. The van der Waals surface area contributed by atoms with Crippen LogP contribution in [0, 0.1) is 0 Å². The third kappa shape index (κ3) is 6.82. The van der Waals surface area contributed by atoms with E-state index in [2.05, 4.69) is 10.5 Å². The number of oxime groups is 1. The molecule has 156 valence electrons. The molecule has 0 atom stereocenters. The average Bonchev–Trinajstić information content (AvgIpc) is 2.63. The molecule has 2 N–H and O–H groups in total. The first-order valence-electron chi connectivity index (χ1n) is 8.57. The lowest BCUT2D eigenvalue weighted by Gasteiger charge is -2.32. The summed E-state index contributed by atoms with van der Waals surface area (Å²) in [7, 11) is 0. The van der Waals surface area contributed by atoms with Gasteiger partial charge in [0.1, 0.15) is 6.21 Å². The summed E-state index contributed by atoms with van der Waals surface area (Å²) >= 11 is 0. The summed E-state index contributed by atoms with van der Waals surface area (Å²) in [6, 6.07) is 5.55. The van der Waals surface area contributed by atoms with Gasteiger partial charge in [0, 0.05) is 18.5 Å². The van der Waals surface area contributed by atoms with Crippen molar-refractivity contribution in [2.45, 2.75) is 50.9 Å². The fourth-order valence-electron chi connectivity index (χ4n) is 2.82. The molecule has 0 aliphatic heterocycles. The van der Waals surface area contributed by atoms with Crippen LogP contribution in [0.15, 0.2) is 29.4 Å². The number of nitrogens with zero attached hydrogens (tertiary/aromatic N) is 1. The number of rotatable bonds is 11. The van der Waals surface area contributed by atoms with Crippen molar-refractivity contribution in [2.75, 3.05) is 11.9 Å². The summed E-state index contributed by atoms with van der Waals surface area (Å²) < 4.78 is 56.3. The molecule has 0 saturated carbocycles. The highest BCUT2D eigenvalue weighted by Gasteiger charge is 2.42. The van der Waals surface area contributed by atoms with Crippen molar-refractivity contribution in [1.29, 1.82) is 0 Å². The third-order valence-corrected chi connectivity index (χ3v) is 4.12. The summed E-state index contributed by atoms with van der Waals surface area (Å²) in [5, 5.41) is 13.3. The van der Waals surface area contributed by atoms with E-state index in [0.717, 1.165) is 0 Å². The van der Waals surface area contributed by atoms with Gasteiger partial charge in [-0.2, -0.15) is 0 Å². The molecule has 1 amide bonds. The first-order chi connectivity index (χ1) is 13.2. The van der Waals surface area contributed by atoms with E-state index in [9.17, 15) is 27.2 Å². The molecular formula is C18H22F4N2O4. The van der Waals surface area contributed by atoms with E-state index >= 15 is 0 Å². The van der Waals surface area contributed by atoms with E-state index in [1.807, 2.05) is 0 Å². The number of ether oxygens (including phenoxy) is 1. The Hall–Kier alpha value is -2.65. The number of hydrogen-bond acceptors (Lipinski definition) is 5. The van der Waals surface area contributed by atoms with Crippen LogP contribution in [0.4, 0.5) is 23.2 Å². The normalized spacial score (nSPS) is 12.0. The predicted octanol–water partition coefficient (Wildman–Crippen LogP) is 3.98. The number of nitrogens with one attached hydrogen (secondary N) is 1. The zero-order valence-corrected chi connectivity index (χ0v) is 15.2. The maximum absolute atomic E-state index is 12.8. The monoisotopic (exact) mass is 406 g/mol. The van der Waals surface area contributed by atoms with Crippen LogP contribution in [0.5, 0.6) is 0 Å². The summed E-state index contributed by atoms with van der Waals surface area (Å²) in [5.74, 6) is -1.57. The number of carbonyl (C=O) groups excluding carboxylic acids is 2. The fourth-order valence-corrected chi connectivity index (χ4v) is 2.82. The van der Waals surface area contributed by atoms with Crippen LogP contribution in [0.1, 0.15) is 38.2 Å². The average molecular weight is 406 g/mol. The molecule has 28 heavy (non-hydrogen) atoms.